The van der Waals surface area contributed by atoms with E-state index in [0.717, 1.165) is 5.56 Å². The van der Waals surface area contributed by atoms with E-state index in [1.165, 1.54) is 0 Å². The highest BCUT2D eigenvalue weighted by molar-refractivity contribution is 6.30. The summed E-state index contributed by atoms with van der Waals surface area (Å²) in [7, 11) is 0. The Hall–Kier alpha value is -3.24. The molecule has 1 atom stereocenters. The molecule has 0 bridgehead atoms. The first-order valence-corrected chi connectivity index (χ1v) is 8.56. The fourth-order valence-corrected chi connectivity index (χ4v) is 2.77. The van der Waals surface area contributed by atoms with E-state index in [-0.39, 0.29) is 19.1 Å². The normalized spacial score (nSPS) is 14.9. The lowest BCUT2D eigenvalue weighted by Crippen LogP contribution is -2.48. The van der Waals surface area contributed by atoms with Gasteiger partial charge in [-0.2, -0.15) is 5.26 Å². The summed E-state index contributed by atoms with van der Waals surface area (Å²) in [4.78, 5) is 24.0. The summed E-state index contributed by atoms with van der Waals surface area (Å²) in [6.07, 6.45) is 0.472. The van der Waals surface area contributed by atoms with Gasteiger partial charge in [0.05, 0.1) is 17.6 Å². The van der Waals surface area contributed by atoms with Crippen molar-refractivity contribution in [3.8, 4) is 17.6 Å². The number of nitrogens with one attached hydrogen (secondary N) is 2. The molecule has 3 rings (SSSR count). The van der Waals surface area contributed by atoms with Crippen LogP contribution in [0.15, 0.2) is 42.5 Å². The predicted octanol–water partition coefficient (Wildman–Crippen LogP) is 1.99. The molecule has 0 aliphatic carbocycles. The Bertz CT molecular complexity index is 893. The third kappa shape index (κ3) is 4.90. The molecule has 7 nitrogen and oxygen atoms in total. The molecule has 1 aliphatic heterocycles. The van der Waals surface area contributed by atoms with Crippen LogP contribution in [0.3, 0.4) is 0 Å². The van der Waals surface area contributed by atoms with Crippen molar-refractivity contribution < 1.29 is 19.1 Å². The van der Waals surface area contributed by atoms with E-state index in [2.05, 4.69) is 10.9 Å². The van der Waals surface area contributed by atoms with E-state index in [4.69, 9.17) is 26.3 Å². The van der Waals surface area contributed by atoms with Gasteiger partial charge in [-0.1, -0.05) is 11.6 Å². The summed E-state index contributed by atoms with van der Waals surface area (Å²) in [5.41, 5.74) is 6.04. The predicted molar refractivity (Wildman–Crippen MR) is 97.1 cm³/mol. The second-order valence-corrected chi connectivity index (χ2v) is 6.36. The summed E-state index contributed by atoms with van der Waals surface area (Å²) in [6, 6.07) is 13.6. The number of nitrogens with zero attached hydrogens (tertiary/aromatic N) is 1. The molecule has 0 spiro atoms. The number of hydrazine groups is 1. The summed E-state index contributed by atoms with van der Waals surface area (Å²) in [5, 5.41) is 9.31. The van der Waals surface area contributed by atoms with Crippen molar-refractivity contribution in [3.63, 3.8) is 0 Å². The highest BCUT2D eigenvalue weighted by atomic mass is 35.5. The minimum Gasteiger partial charge on any atom is -0.492 e. The number of fused-ring (bicyclic) bond motifs is 1. The number of benzene rings is 2. The Morgan fingerprint density at radius 1 is 1.22 bits per heavy atom. The van der Waals surface area contributed by atoms with E-state index < -0.39 is 11.8 Å². The molecule has 2 amide bonds. The maximum atomic E-state index is 12.2. The first-order chi connectivity index (χ1) is 13.0. The van der Waals surface area contributed by atoms with Gasteiger partial charge in [-0.15, -0.1) is 0 Å². The van der Waals surface area contributed by atoms with E-state index in [9.17, 15) is 9.59 Å². The Morgan fingerprint density at radius 3 is 2.74 bits per heavy atom. The number of nitriles is 1. The Morgan fingerprint density at radius 2 is 2.00 bits per heavy atom. The van der Waals surface area contributed by atoms with Gasteiger partial charge in [0, 0.05) is 5.02 Å². The molecule has 0 aromatic heterocycles. The second kappa shape index (κ2) is 8.43. The molecule has 27 heavy (non-hydrogen) atoms. The molecule has 0 saturated carbocycles. The largest absolute Gasteiger partial charge is 0.492 e. The number of ether oxygens (including phenoxy) is 2. The molecular weight excluding hydrogens is 370 g/mol. The lowest BCUT2D eigenvalue weighted by atomic mass is 9.96. The van der Waals surface area contributed by atoms with E-state index >= 15 is 0 Å². The summed E-state index contributed by atoms with van der Waals surface area (Å²) < 4.78 is 10.9. The van der Waals surface area contributed by atoms with Crippen LogP contribution in [0.5, 0.6) is 11.5 Å². The highest BCUT2D eigenvalue weighted by Gasteiger charge is 2.26. The van der Waals surface area contributed by atoms with Crippen LogP contribution >= 0.6 is 11.6 Å². The molecule has 0 saturated heterocycles. The van der Waals surface area contributed by atoms with Gasteiger partial charge in [-0.3, -0.25) is 20.4 Å². The maximum Gasteiger partial charge on any atom is 0.276 e. The summed E-state index contributed by atoms with van der Waals surface area (Å²) >= 11 is 5.97. The molecule has 0 radical (unpaired) electrons. The smallest absolute Gasteiger partial charge is 0.276 e. The van der Waals surface area contributed by atoms with Crippen molar-refractivity contribution in [2.45, 2.75) is 6.42 Å². The minimum atomic E-state index is -0.507. The molecule has 8 heteroatoms. The first kappa shape index (κ1) is 18.5. The summed E-state index contributed by atoms with van der Waals surface area (Å²) in [5.74, 6) is -0.135. The third-order valence-electron chi connectivity index (χ3n) is 3.98. The third-order valence-corrected chi connectivity index (χ3v) is 4.21. The van der Waals surface area contributed by atoms with Crippen LogP contribution in [0.2, 0.25) is 5.02 Å². The summed E-state index contributed by atoms with van der Waals surface area (Å²) in [6.45, 7) is -0.0517. The van der Waals surface area contributed by atoms with Crippen LogP contribution in [0.1, 0.15) is 11.1 Å². The van der Waals surface area contributed by atoms with Gasteiger partial charge in [-0.05, 0) is 54.4 Å². The lowest BCUT2D eigenvalue weighted by Gasteiger charge is -2.24. The van der Waals surface area contributed by atoms with Gasteiger partial charge in [-0.25, -0.2) is 0 Å². The monoisotopic (exact) mass is 385 g/mol. The molecule has 2 aromatic carbocycles. The first-order valence-electron chi connectivity index (χ1n) is 8.18. The average Bonchev–Trinajstić information content (AvgIpc) is 2.70. The minimum absolute atomic E-state index is 0.220. The van der Waals surface area contributed by atoms with Gasteiger partial charge in [0.2, 0.25) is 5.91 Å². The van der Waals surface area contributed by atoms with Crippen LogP contribution in [-0.2, 0) is 16.0 Å². The average molecular weight is 386 g/mol. The van der Waals surface area contributed by atoms with Gasteiger partial charge in [0.1, 0.15) is 18.1 Å². The van der Waals surface area contributed by atoms with Crippen molar-refractivity contribution in [2.24, 2.45) is 5.92 Å². The number of hydrogen-bond acceptors (Lipinski definition) is 5. The zero-order valence-corrected chi connectivity index (χ0v) is 15.0. The number of hydrogen-bond donors (Lipinski definition) is 2. The van der Waals surface area contributed by atoms with Crippen molar-refractivity contribution >= 4 is 23.4 Å². The molecular formula is C19H16ClN3O4. The maximum absolute atomic E-state index is 12.2. The number of carbonyl (C=O) groups is 2. The van der Waals surface area contributed by atoms with Crippen LogP contribution in [-0.4, -0.2) is 25.0 Å². The molecule has 2 aromatic rings. The number of rotatable bonds is 4. The molecule has 0 unspecified atom stereocenters. The zero-order valence-electron chi connectivity index (χ0n) is 14.2. The molecule has 1 aliphatic rings. The lowest BCUT2D eigenvalue weighted by molar-refractivity contribution is -0.132. The van der Waals surface area contributed by atoms with Crippen LogP contribution in [0, 0.1) is 17.2 Å². The van der Waals surface area contributed by atoms with Crippen molar-refractivity contribution in [3.05, 3.63) is 58.6 Å². The fraction of sp³-hybridized carbons (Fsp3) is 0.211. The fourth-order valence-electron chi connectivity index (χ4n) is 2.58. The number of amides is 2. The van der Waals surface area contributed by atoms with E-state index in [0.29, 0.717) is 28.5 Å². The Kier molecular flexibility index (Phi) is 5.79. The Labute approximate surface area is 160 Å². The zero-order chi connectivity index (χ0) is 19.2. The number of carbonyl (C=O) groups excluding carboxylic acids is 2. The van der Waals surface area contributed by atoms with Crippen molar-refractivity contribution in [1.82, 2.24) is 10.9 Å². The molecule has 2 N–H and O–H groups in total. The highest BCUT2D eigenvalue weighted by Crippen LogP contribution is 2.29. The van der Waals surface area contributed by atoms with Crippen molar-refractivity contribution in [2.75, 3.05) is 13.2 Å². The topological polar surface area (TPSA) is 100 Å². The van der Waals surface area contributed by atoms with Gasteiger partial charge in [0.15, 0.2) is 6.61 Å². The SMILES string of the molecule is N#Cc1ccc(OCC(=O)NNC(=O)[C@@H]2COc3ccc(Cl)cc3C2)cc1. The Balaban J connectivity index is 1.44. The molecule has 1 heterocycles. The van der Waals surface area contributed by atoms with E-state index in [1.54, 1.807) is 42.5 Å². The second-order valence-electron chi connectivity index (χ2n) is 5.93. The van der Waals surface area contributed by atoms with Crippen LogP contribution < -0.4 is 20.3 Å². The molecule has 0 fully saturated rings. The standard InChI is InChI=1S/C19H16ClN3O4/c20-15-3-6-17-13(8-15)7-14(10-27-17)19(25)23-22-18(24)11-26-16-4-1-12(9-21)2-5-16/h1-6,8,14H,7,10-11H2,(H,22,24)(H,23,25)/t14-/m0/s1. The van der Waals surface area contributed by atoms with Crippen LogP contribution in [0.4, 0.5) is 0 Å². The van der Waals surface area contributed by atoms with Crippen molar-refractivity contribution in [1.29, 1.82) is 5.26 Å². The van der Waals surface area contributed by atoms with Gasteiger partial charge >= 0.3 is 0 Å². The van der Waals surface area contributed by atoms with Gasteiger partial charge in [0.25, 0.3) is 5.91 Å². The molecule has 138 valence electrons. The van der Waals surface area contributed by atoms with E-state index in [1.807, 2.05) is 6.07 Å². The number of halogens is 1. The van der Waals surface area contributed by atoms with Crippen LogP contribution in [0.25, 0.3) is 0 Å². The van der Waals surface area contributed by atoms with Gasteiger partial charge < -0.3 is 9.47 Å². The quantitative estimate of drug-likeness (QED) is 0.784.